The second-order valence-corrected chi connectivity index (χ2v) is 26.2. The van der Waals surface area contributed by atoms with E-state index in [1.54, 1.807) is 7.11 Å². The molecule has 0 saturated heterocycles. The molecule has 10 heteroatoms. The molecule has 1 rings (SSSR count). The molecule has 0 spiro atoms. The highest BCUT2D eigenvalue weighted by Crippen LogP contribution is 2.39. The Bertz CT molecular complexity index is 942. The number of ether oxygens (including phenoxy) is 2. The number of rotatable bonds is 24. The molecular weight excluding hydrogens is 682 g/mol. The smallest absolute Gasteiger partial charge is 0.192 e. The van der Waals surface area contributed by atoms with Gasteiger partial charge in [-0.3, -0.25) is 0 Å². The molecule has 1 aromatic rings. The van der Waals surface area contributed by atoms with E-state index < -0.39 is 21.0 Å². The highest BCUT2D eigenvalue weighted by molar-refractivity contribution is 6.74. The summed E-state index contributed by atoms with van der Waals surface area (Å²) in [5.74, 6) is 0.834. The van der Waals surface area contributed by atoms with Crippen molar-refractivity contribution in [3.05, 3.63) is 42.0 Å². The Morgan fingerprint density at radius 1 is 0.889 bits per heavy atom. The van der Waals surface area contributed by atoms with Crippen LogP contribution < -0.4 is 4.74 Å². The predicted octanol–water partition coefficient (Wildman–Crippen LogP) is 12.3. The van der Waals surface area contributed by atoms with Crippen LogP contribution >= 0.6 is 46.4 Å². The van der Waals surface area contributed by atoms with Gasteiger partial charge in [-0.2, -0.15) is 0 Å². The SMILES string of the molecule is CC[Si](CC)(CC)O[C@H](COCc1ccc(OC)cc1)[C@H](Cl)C[C@@H](Cl)CC/C=C\CCCCC(Cl)(Cl)CO[Si](C)(C)C(C)(C)C. The molecule has 0 aliphatic rings. The molecule has 0 saturated carbocycles. The monoisotopic (exact) mass is 742 g/mol. The lowest BCUT2D eigenvalue weighted by molar-refractivity contribution is 0.0326. The molecule has 3 atom stereocenters. The summed E-state index contributed by atoms with van der Waals surface area (Å²) in [6.45, 7) is 19.2. The van der Waals surface area contributed by atoms with Crippen molar-refractivity contribution in [3.8, 4) is 5.75 Å². The Hall–Kier alpha value is 0.234. The zero-order chi connectivity index (χ0) is 34.2. The normalized spacial score (nSPS) is 15.4. The van der Waals surface area contributed by atoms with E-state index in [-0.39, 0.29) is 21.9 Å². The molecule has 0 N–H and O–H groups in total. The predicted molar refractivity (Wildman–Crippen MR) is 203 cm³/mol. The first kappa shape index (κ1) is 43.3. The van der Waals surface area contributed by atoms with Gasteiger partial charge in [-0.25, -0.2) is 0 Å². The summed E-state index contributed by atoms with van der Waals surface area (Å²) in [5.41, 5.74) is 1.09. The first-order chi connectivity index (χ1) is 21.0. The summed E-state index contributed by atoms with van der Waals surface area (Å²) in [7, 11) is -2.07. The Morgan fingerprint density at radius 2 is 1.49 bits per heavy atom. The summed E-state index contributed by atoms with van der Waals surface area (Å²) in [5, 5.41) is -0.0980. The fourth-order valence-corrected chi connectivity index (χ4v) is 10.1. The molecule has 262 valence electrons. The highest BCUT2D eigenvalue weighted by Gasteiger charge is 2.39. The zero-order valence-electron chi connectivity index (χ0n) is 29.5. The second kappa shape index (κ2) is 21.3. The second-order valence-electron chi connectivity index (χ2n) is 13.8. The molecule has 0 radical (unpaired) electrons. The van der Waals surface area contributed by atoms with Crippen molar-refractivity contribution in [1.29, 1.82) is 0 Å². The third-order valence-corrected chi connectivity index (χ3v) is 20.0. The van der Waals surface area contributed by atoms with Crippen LogP contribution in [0.5, 0.6) is 5.75 Å². The van der Waals surface area contributed by atoms with Gasteiger partial charge in [0.2, 0.25) is 0 Å². The van der Waals surface area contributed by atoms with Gasteiger partial charge in [0.25, 0.3) is 0 Å². The maximum atomic E-state index is 7.01. The van der Waals surface area contributed by atoms with E-state index in [9.17, 15) is 0 Å². The molecule has 0 bridgehead atoms. The van der Waals surface area contributed by atoms with Crippen LogP contribution in [0.1, 0.15) is 92.1 Å². The Labute approximate surface area is 298 Å². The Balaban J connectivity index is 2.50. The van der Waals surface area contributed by atoms with E-state index >= 15 is 0 Å². The van der Waals surface area contributed by atoms with Crippen LogP contribution in [0.3, 0.4) is 0 Å². The summed E-state index contributed by atoms with van der Waals surface area (Å²) in [6.07, 6.45) is 10.5. The van der Waals surface area contributed by atoms with Crippen molar-refractivity contribution in [2.75, 3.05) is 20.3 Å². The van der Waals surface area contributed by atoms with Crippen molar-refractivity contribution in [3.63, 3.8) is 0 Å². The van der Waals surface area contributed by atoms with Crippen LogP contribution in [-0.2, 0) is 20.2 Å². The minimum absolute atomic E-state index is 0.0280. The van der Waals surface area contributed by atoms with Gasteiger partial charge in [-0.1, -0.05) is 95.4 Å². The number of hydrogen-bond donors (Lipinski definition) is 0. The fourth-order valence-electron chi connectivity index (χ4n) is 4.80. The average molecular weight is 745 g/mol. The van der Waals surface area contributed by atoms with Crippen LogP contribution in [0.15, 0.2) is 36.4 Å². The fraction of sp³-hybridized carbons (Fsp3) is 0.771. The van der Waals surface area contributed by atoms with E-state index in [0.29, 0.717) is 26.2 Å². The average Bonchev–Trinajstić information content (AvgIpc) is 2.99. The summed E-state index contributed by atoms with van der Waals surface area (Å²) in [4.78, 5) is 0. The van der Waals surface area contributed by atoms with Gasteiger partial charge in [0, 0.05) is 5.38 Å². The van der Waals surface area contributed by atoms with E-state index in [2.05, 4.69) is 66.8 Å². The minimum atomic E-state index is -1.87. The molecule has 4 nitrogen and oxygen atoms in total. The number of unbranched alkanes of at least 4 members (excludes halogenated alkanes) is 2. The van der Waals surface area contributed by atoms with E-state index in [4.69, 9.17) is 64.7 Å². The van der Waals surface area contributed by atoms with Crippen molar-refractivity contribution < 1.29 is 18.3 Å². The summed E-state index contributed by atoms with van der Waals surface area (Å²) in [6, 6.07) is 11.1. The van der Waals surface area contributed by atoms with Gasteiger partial charge < -0.3 is 18.3 Å². The van der Waals surface area contributed by atoms with Crippen molar-refractivity contribution in [1.82, 2.24) is 0 Å². The quantitative estimate of drug-likeness (QED) is 0.0457. The largest absolute Gasteiger partial charge is 0.497 e. The molecule has 1 aromatic carbocycles. The maximum absolute atomic E-state index is 7.01. The molecule has 0 unspecified atom stereocenters. The van der Waals surface area contributed by atoms with Gasteiger partial charge in [-0.15, -0.1) is 23.2 Å². The number of alkyl halides is 4. The lowest BCUT2D eigenvalue weighted by Gasteiger charge is -2.37. The van der Waals surface area contributed by atoms with E-state index in [1.165, 1.54) is 0 Å². The van der Waals surface area contributed by atoms with Crippen LogP contribution in [0.2, 0.25) is 36.3 Å². The first-order valence-corrected chi connectivity index (χ1v) is 23.9. The molecule has 0 aliphatic carbocycles. The van der Waals surface area contributed by atoms with E-state index in [0.717, 1.165) is 68.0 Å². The standard InChI is InChI=1S/C35H62Cl4O4Si2/c1-10-45(11-2,12-3)43-33(27-41-26-29-20-22-31(40-7)23-21-29)32(37)25-30(36)19-17-15-13-14-16-18-24-35(38,39)28-42-44(8,9)34(4,5)6/h13,15,20-23,30,32-33H,10-12,14,16-19,24-28H2,1-9H3/b15-13-/t30-,32+,33+/m0/s1. The van der Waals surface area contributed by atoms with Crippen LogP contribution in [-0.4, -0.2) is 58.1 Å². The van der Waals surface area contributed by atoms with Crippen LogP contribution in [0.25, 0.3) is 0 Å². The molecule has 0 aliphatic heterocycles. The van der Waals surface area contributed by atoms with E-state index in [1.807, 2.05) is 24.3 Å². The lowest BCUT2D eigenvalue weighted by atomic mass is 10.1. The zero-order valence-corrected chi connectivity index (χ0v) is 34.6. The number of methoxy groups -OCH3 is 1. The number of halogens is 4. The number of hydrogen-bond acceptors (Lipinski definition) is 4. The van der Waals surface area contributed by atoms with Gasteiger partial charge in [-0.05, 0) is 92.5 Å². The highest BCUT2D eigenvalue weighted by atomic mass is 35.5. The molecule has 0 heterocycles. The topological polar surface area (TPSA) is 36.9 Å². The molecular formula is C35H62Cl4O4Si2. The maximum Gasteiger partial charge on any atom is 0.192 e. The summed E-state index contributed by atoms with van der Waals surface area (Å²) < 4.78 is 23.6. The Kier molecular flexibility index (Phi) is 20.5. The third kappa shape index (κ3) is 16.9. The van der Waals surface area contributed by atoms with Crippen molar-refractivity contribution in [2.45, 2.75) is 151 Å². The Morgan fingerprint density at radius 3 is 2.04 bits per heavy atom. The van der Waals surface area contributed by atoms with Gasteiger partial charge in [0.05, 0.1) is 38.4 Å². The third-order valence-electron chi connectivity index (χ3n) is 9.36. The van der Waals surface area contributed by atoms with Crippen molar-refractivity contribution in [2.24, 2.45) is 0 Å². The first-order valence-electron chi connectivity index (χ1n) is 16.9. The molecule has 0 fully saturated rings. The van der Waals surface area contributed by atoms with Crippen LogP contribution in [0.4, 0.5) is 0 Å². The van der Waals surface area contributed by atoms with Gasteiger partial charge in [0.1, 0.15) is 10.1 Å². The van der Waals surface area contributed by atoms with Gasteiger partial charge in [0.15, 0.2) is 16.6 Å². The summed E-state index contributed by atoms with van der Waals surface area (Å²) >= 11 is 27.0. The number of allylic oxidation sites excluding steroid dienone is 2. The van der Waals surface area contributed by atoms with Gasteiger partial charge >= 0.3 is 0 Å². The molecule has 0 aromatic heterocycles. The van der Waals surface area contributed by atoms with Crippen molar-refractivity contribution >= 4 is 63.0 Å². The number of benzene rings is 1. The minimum Gasteiger partial charge on any atom is -0.497 e. The van der Waals surface area contributed by atoms with Crippen LogP contribution in [0, 0.1) is 0 Å². The molecule has 45 heavy (non-hydrogen) atoms. The lowest BCUT2D eigenvalue weighted by Crippen LogP contribution is -2.45. The molecule has 0 amide bonds.